The molecule has 0 aliphatic carbocycles. The van der Waals surface area contributed by atoms with Crippen molar-refractivity contribution in [3.05, 3.63) is 60.6 Å². The van der Waals surface area contributed by atoms with Crippen LogP contribution in [0.15, 0.2) is 55.0 Å². The number of aromatic amines is 1. The van der Waals surface area contributed by atoms with Crippen LogP contribution in [0, 0.1) is 0 Å². The topological polar surface area (TPSA) is 83.4 Å². The number of fused-ring (bicyclic) bond motifs is 2. The number of piperidine rings is 1. The second-order valence-electron chi connectivity index (χ2n) is 9.15. The summed E-state index contributed by atoms with van der Waals surface area (Å²) in [4.78, 5) is 11.5. The molecule has 0 saturated carbocycles. The first-order chi connectivity index (χ1) is 17.4. The van der Waals surface area contributed by atoms with E-state index in [0.29, 0.717) is 10.9 Å². The molecule has 0 unspecified atom stereocenters. The summed E-state index contributed by atoms with van der Waals surface area (Å²) >= 11 is 0. The highest BCUT2D eigenvalue weighted by atomic mass is 19.4. The summed E-state index contributed by atoms with van der Waals surface area (Å²) in [6.07, 6.45) is 1.59. The summed E-state index contributed by atoms with van der Waals surface area (Å²) in [5.74, 6) is 0.196. The van der Waals surface area contributed by atoms with E-state index in [1.54, 1.807) is 6.20 Å². The molecule has 1 aliphatic rings. The quantitative estimate of drug-likeness (QED) is 0.315. The van der Waals surface area contributed by atoms with Crippen LogP contribution in [-0.4, -0.2) is 43.9 Å². The van der Waals surface area contributed by atoms with Crippen molar-refractivity contribution >= 4 is 27.8 Å². The van der Waals surface area contributed by atoms with Gasteiger partial charge in [-0.25, -0.2) is 9.97 Å². The van der Waals surface area contributed by atoms with Crippen LogP contribution in [0.25, 0.3) is 44.2 Å². The predicted molar refractivity (Wildman–Crippen MR) is 134 cm³/mol. The van der Waals surface area contributed by atoms with Gasteiger partial charge in [-0.3, -0.25) is 4.68 Å². The van der Waals surface area contributed by atoms with E-state index in [1.807, 2.05) is 48.3 Å². The molecule has 3 N–H and O–H groups in total. The molecule has 1 aliphatic heterocycles. The maximum atomic E-state index is 13.9. The van der Waals surface area contributed by atoms with Gasteiger partial charge in [0.15, 0.2) is 0 Å². The number of hydrogen-bond donors (Lipinski definition) is 3. The zero-order valence-electron chi connectivity index (χ0n) is 19.5. The lowest BCUT2D eigenvalue weighted by atomic mass is 10.0. The summed E-state index contributed by atoms with van der Waals surface area (Å²) < 4.78 is 43.6. The number of hydrogen-bond acceptors (Lipinski definition) is 5. The molecular weight excluding hydrogens is 467 g/mol. The Labute approximate surface area is 204 Å². The highest BCUT2D eigenvalue weighted by Gasteiger charge is 2.36. The van der Waals surface area contributed by atoms with Crippen LogP contribution in [0.2, 0.25) is 0 Å². The molecule has 6 rings (SSSR count). The van der Waals surface area contributed by atoms with Gasteiger partial charge in [-0.1, -0.05) is 24.3 Å². The molecule has 3 aromatic heterocycles. The zero-order chi connectivity index (χ0) is 24.9. The number of anilines is 1. The van der Waals surface area contributed by atoms with E-state index in [1.165, 1.54) is 0 Å². The lowest BCUT2D eigenvalue weighted by Crippen LogP contribution is -2.38. The standard InChI is InChI=1S/C26H24F3N7/c1-36-23-10-16(4-5-17(23)11-33-36)15-6-7-19-20(13-31-22(19)9-15)24-21(26(27,28)29)14-32-25(35-24)34-18-3-2-8-30-12-18/h4-7,9-11,13-14,18,30-31H,2-3,8,12H2,1H3,(H,32,34,35)/t18-/m0/s1. The SMILES string of the molecule is Cn1ncc2ccc(-c3ccc4c(-c5nc(N[C@H]6CCCNC6)ncc5C(F)(F)F)c[nH]c4c3)cc21. The first-order valence-corrected chi connectivity index (χ1v) is 11.8. The molecular formula is C26H24F3N7. The van der Waals surface area contributed by atoms with Gasteiger partial charge < -0.3 is 15.6 Å². The van der Waals surface area contributed by atoms with Gasteiger partial charge in [-0.15, -0.1) is 0 Å². The number of nitrogens with zero attached hydrogens (tertiary/aromatic N) is 4. The Bertz CT molecular complexity index is 1560. The third kappa shape index (κ3) is 4.07. The van der Waals surface area contributed by atoms with E-state index in [4.69, 9.17) is 0 Å². The molecule has 1 atom stereocenters. The van der Waals surface area contributed by atoms with Gasteiger partial charge >= 0.3 is 6.18 Å². The zero-order valence-corrected chi connectivity index (χ0v) is 19.5. The second kappa shape index (κ2) is 8.63. The average molecular weight is 492 g/mol. The summed E-state index contributed by atoms with van der Waals surface area (Å²) in [6.45, 7) is 1.66. The normalized spacial score (nSPS) is 16.6. The molecule has 36 heavy (non-hydrogen) atoms. The van der Waals surface area contributed by atoms with Gasteiger partial charge in [0.2, 0.25) is 5.95 Å². The van der Waals surface area contributed by atoms with Gasteiger partial charge in [-0.2, -0.15) is 18.3 Å². The minimum atomic E-state index is -4.58. The van der Waals surface area contributed by atoms with Gasteiger partial charge in [0.1, 0.15) is 5.56 Å². The van der Waals surface area contributed by atoms with Gasteiger partial charge in [0.25, 0.3) is 0 Å². The highest BCUT2D eigenvalue weighted by Crippen LogP contribution is 2.39. The van der Waals surface area contributed by atoms with E-state index in [2.05, 4.69) is 36.8 Å². The van der Waals surface area contributed by atoms with Crippen LogP contribution >= 0.6 is 0 Å². The van der Waals surface area contributed by atoms with E-state index < -0.39 is 11.7 Å². The van der Waals surface area contributed by atoms with E-state index in [9.17, 15) is 13.2 Å². The number of aromatic nitrogens is 5. The monoisotopic (exact) mass is 491 g/mol. The smallest absolute Gasteiger partial charge is 0.360 e. The van der Waals surface area contributed by atoms with Crippen molar-refractivity contribution in [2.45, 2.75) is 25.1 Å². The van der Waals surface area contributed by atoms with Crippen molar-refractivity contribution in [2.75, 3.05) is 18.4 Å². The van der Waals surface area contributed by atoms with Crippen molar-refractivity contribution < 1.29 is 13.2 Å². The van der Waals surface area contributed by atoms with Crippen LogP contribution in [0.1, 0.15) is 18.4 Å². The maximum Gasteiger partial charge on any atom is 0.419 e. The number of halogens is 3. The third-order valence-electron chi connectivity index (χ3n) is 6.74. The van der Waals surface area contributed by atoms with Gasteiger partial charge in [-0.05, 0) is 42.6 Å². The Morgan fingerprint density at radius 1 is 1.08 bits per heavy atom. The Hall–Kier alpha value is -3.92. The fraction of sp³-hybridized carbons (Fsp3) is 0.269. The molecule has 10 heteroatoms. The number of benzene rings is 2. The first-order valence-electron chi connectivity index (χ1n) is 11.8. The Kier molecular flexibility index (Phi) is 5.40. The molecule has 184 valence electrons. The summed E-state index contributed by atoms with van der Waals surface area (Å²) in [5.41, 5.74) is 3.06. The molecule has 7 nitrogen and oxygen atoms in total. The number of alkyl halides is 3. The van der Waals surface area contributed by atoms with E-state index >= 15 is 0 Å². The van der Waals surface area contributed by atoms with Crippen LogP contribution < -0.4 is 10.6 Å². The van der Waals surface area contributed by atoms with E-state index in [0.717, 1.165) is 59.7 Å². The maximum absolute atomic E-state index is 13.9. The van der Waals surface area contributed by atoms with Crippen LogP contribution in [-0.2, 0) is 13.2 Å². The molecule has 0 amide bonds. The number of rotatable bonds is 4. The van der Waals surface area contributed by atoms with Crippen molar-refractivity contribution in [1.29, 1.82) is 0 Å². The minimum absolute atomic E-state index is 0.0747. The van der Waals surface area contributed by atoms with Crippen molar-refractivity contribution in [3.63, 3.8) is 0 Å². The molecule has 2 aromatic carbocycles. The lowest BCUT2D eigenvalue weighted by molar-refractivity contribution is -0.137. The van der Waals surface area contributed by atoms with E-state index in [-0.39, 0.29) is 17.7 Å². The van der Waals surface area contributed by atoms with Gasteiger partial charge in [0, 0.05) is 53.9 Å². The fourth-order valence-corrected chi connectivity index (χ4v) is 4.85. The Morgan fingerprint density at radius 3 is 2.72 bits per heavy atom. The molecule has 1 saturated heterocycles. The van der Waals surface area contributed by atoms with Crippen LogP contribution in [0.4, 0.5) is 19.1 Å². The summed E-state index contributed by atoms with van der Waals surface area (Å²) in [5, 5.41) is 12.5. The summed E-state index contributed by atoms with van der Waals surface area (Å²) in [6, 6.07) is 11.8. The number of nitrogens with one attached hydrogen (secondary N) is 3. The molecule has 0 spiro atoms. The second-order valence-corrected chi connectivity index (χ2v) is 9.15. The van der Waals surface area contributed by atoms with Gasteiger partial charge in [0.05, 0.1) is 17.4 Å². The lowest BCUT2D eigenvalue weighted by Gasteiger charge is -2.24. The molecule has 1 fully saturated rings. The predicted octanol–water partition coefficient (Wildman–Crippen LogP) is 5.36. The Morgan fingerprint density at radius 2 is 1.92 bits per heavy atom. The number of H-pyrrole nitrogens is 1. The summed E-state index contributed by atoms with van der Waals surface area (Å²) in [7, 11) is 1.89. The van der Waals surface area contributed by atoms with Crippen molar-refractivity contribution in [3.8, 4) is 22.4 Å². The number of aryl methyl sites for hydroxylation is 1. The van der Waals surface area contributed by atoms with Crippen LogP contribution in [0.5, 0.6) is 0 Å². The minimum Gasteiger partial charge on any atom is -0.360 e. The first kappa shape index (κ1) is 22.5. The Balaban J connectivity index is 1.40. The fourth-order valence-electron chi connectivity index (χ4n) is 4.85. The molecule has 5 aromatic rings. The van der Waals surface area contributed by atoms with Crippen molar-refractivity contribution in [2.24, 2.45) is 7.05 Å². The molecule has 4 heterocycles. The molecule has 0 bridgehead atoms. The largest absolute Gasteiger partial charge is 0.419 e. The van der Waals surface area contributed by atoms with Crippen molar-refractivity contribution in [1.82, 2.24) is 30.0 Å². The molecule has 0 radical (unpaired) electrons. The van der Waals surface area contributed by atoms with Crippen LogP contribution in [0.3, 0.4) is 0 Å². The average Bonchev–Trinajstić information content (AvgIpc) is 3.47. The highest BCUT2D eigenvalue weighted by molar-refractivity contribution is 5.98. The third-order valence-corrected chi connectivity index (χ3v) is 6.74.